The Morgan fingerprint density at radius 2 is 2.25 bits per heavy atom. The number of hydrogen-bond acceptors (Lipinski definition) is 3. The second-order valence-corrected chi connectivity index (χ2v) is 3.93. The van der Waals surface area contributed by atoms with Crippen molar-refractivity contribution in [2.45, 2.75) is 13.0 Å². The number of rotatable bonds is 3. The zero-order chi connectivity index (χ0) is 11.7. The summed E-state index contributed by atoms with van der Waals surface area (Å²) >= 11 is 0. The van der Waals surface area contributed by atoms with Crippen LogP contribution in [0.25, 0.3) is 11.0 Å². The van der Waals surface area contributed by atoms with Gasteiger partial charge in [-0.05, 0) is 18.6 Å². The van der Waals surface area contributed by atoms with Crippen molar-refractivity contribution in [3.8, 4) is 0 Å². The molecule has 1 unspecified atom stereocenters. The van der Waals surface area contributed by atoms with E-state index in [2.05, 4.69) is 22.5 Å². The Morgan fingerprint density at radius 3 is 2.81 bits per heavy atom. The van der Waals surface area contributed by atoms with Crippen LogP contribution in [0.4, 0.5) is 0 Å². The molecule has 2 rings (SSSR count). The minimum absolute atomic E-state index is 0.142. The topological polar surface area (TPSA) is 53.1 Å². The number of aromatic nitrogens is 2. The average Bonchev–Trinajstić information content (AvgIpc) is 2.60. The van der Waals surface area contributed by atoms with Crippen molar-refractivity contribution in [1.82, 2.24) is 9.55 Å². The predicted molar refractivity (Wildman–Crippen MR) is 64.3 cm³/mol. The summed E-state index contributed by atoms with van der Waals surface area (Å²) < 4.78 is 7.39. The zero-order valence-corrected chi connectivity index (χ0v) is 9.90. The Kier molecular flexibility index (Phi) is 2.94. The predicted octanol–water partition coefficient (Wildman–Crippen LogP) is 1.53. The first-order valence-corrected chi connectivity index (χ1v) is 5.33. The normalized spacial score (nSPS) is 13.2. The number of ether oxygens (including phenoxy) is 1. The maximum Gasteiger partial charge on any atom is 0.140 e. The highest BCUT2D eigenvalue weighted by Crippen LogP contribution is 2.23. The molecule has 1 heterocycles. The molecule has 0 fully saturated rings. The van der Waals surface area contributed by atoms with E-state index in [0.717, 1.165) is 16.9 Å². The molecule has 0 bridgehead atoms. The second kappa shape index (κ2) is 4.23. The molecule has 0 saturated carbocycles. The third kappa shape index (κ3) is 1.60. The van der Waals surface area contributed by atoms with Crippen LogP contribution >= 0.6 is 0 Å². The van der Waals surface area contributed by atoms with Crippen molar-refractivity contribution in [1.29, 1.82) is 0 Å². The number of para-hydroxylation sites is 1. The molecule has 2 aromatic rings. The third-order valence-corrected chi connectivity index (χ3v) is 2.92. The van der Waals surface area contributed by atoms with Gasteiger partial charge in [0.1, 0.15) is 11.9 Å². The van der Waals surface area contributed by atoms with Gasteiger partial charge in [-0.1, -0.05) is 12.1 Å². The number of methoxy groups -OCH3 is 1. The fourth-order valence-electron chi connectivity index (χ4n) is 2.08. The van der Waals surface area contributed by atoms with Crippen molar-refractivity contribution in [2.24, 2.45) is 12.8 Å². The molecular weight excluding hydrogens is 202 g/mol. The third-order valence-electron chi connectivity index (χ3n) is 2.92. The standard InChI is InChI=1S/C12H17N3O/c1-8-5-4-6-9-11(8)15(2)12(14-9)10(7-13)16-3/h4-6,10H,7,13H2,1-3H3. The van der Waals surface area contributed by atoms with Gasteiger partial charge in [0, 0.05) is 20.7 Å². The first-order valence-electron chi connectivity index (χ1n) is 5.33. The monoisotopic (exact) mass is 219 g/mol. The molecule has 1 aromatic carbocycles. The highest BCUT2D eigenvalue weighted by atomic mass is 16.5. The molecule has 86 valence electrons. The number of hydrogen-bond donors (Lipinski definition) is 1. The molecule has 0 spiro atoms. The molecule has 16 heavy (non-hydrogen) atoms. The lowest BCUT2D eigenvalue weighted by Gasteiger charge is -2.12. The van der Waals surface area contributed by atoms with Crippen LogP contribution in [0.15, 0.2) is 18.2 Å². The van der Waals surface area contributed by atoms with E-state index >= 15 is 0 Å². The summed E-state index contributed by atoms with van der Waals surface area (Å²) in [6.07, 6.45) is -0.142. The van der Waals surface area contributed by atoms with E-state index in [9.17, 15) is 0 Å². The lowest BCUT2D eigenvalue weighted by molar-refractivity contribution is 0.101. The van der Waals surface area contributed by atoms with E-state index in [0.29, 0.717) is 6.54 Å². The van der Waals surface area contributed by atoms with Crippen molar-refractivity contribution in [3.63, 3.8) is 0 Å². The number of nitrogens with two attached hydrogens (primary N) is 1. The molecule has 0 aliphatic carbocycles. The maximum absolute atomic E-state index is 5.67. The molecule has 1 atom stereocenters. The molecular formula is C12H17N3O. The summed E-state index contributed by atoms with van der Waals surface area (Å²) in [6.45, 7) is 2.52. The Bertz CT molecular complexity index is 500. The van der Waals surface area contributed by atoms with Gasteiger partial charge in [0.05, 0.1) is 11.0 Å². The quantitative estimate of drug-likeness (QED) is 0.851. The summed E-state index contributed by atoms with van der Waals surface area (Å²) in [7, 11) is 3.66. The van der Waals surface area contributed by atoms with Crippen molar-refractivity contribution in [2.75, 3.05) is 13.7 Å². The number of imidazole rings is 1. The van der Waals surface area contributed by atoms with Crippen LogP contribution in [-0.4, -0.2) is 23.2 Å². The molecule has 0 amide bonds. The van der Waals surface area contributed by atoms with Gasteiger partial charge in [0.15, 0.2) is 0 Å². The minimum atomic E-state index is -0.142. The van der Waals surface area contributed by atoms with Gasteiger partial charge in [0.25, 0.3) is 0 Å². The van der Waals surface area contributed by atoms with Crippen LogP contribution in [0.2, 0.25) is 0 Å². The number of benzene rings is 1. The highest BCUT2D eigenvalue weighted by Gasteiger charge is 2.17. The molecule has 1 aromatic heterocycles. The van der Waals surface area contributed by atoms with Gasteiger partial charge in [-0.3, -0.25) is 0 Å². The summed E-state index contributed by atoms with van der Waals surface area (Å²) in [6, 6.07) is 6.10. The van der Waals surface area contributed by atoms with Gasteiger partial charge < -0.3 is 15.0 Å². The lowest BCUT2D eigenvalue weighted by atomic mass is 10.2. The largest absolute Gasteiger partial charge is 0.372 e. The molecule has 0 saturated heterocycles. The first kappa shape index (κ1) is 11.1. The Labute approximate surface area is 95.0 Å². The van der Waals surface area contributed by atoms with Gasteiger partial charge in [-0.15, -0.1) is 0 Å². The molecule has 0 aliphatic heterocycles. The van der Waals surface area contributed by atoms with E-state index in [4.69, 9.17) is 10.5 Å². The van der Waals surface area contributed by atoms with Crippen LogP contribution in [0.3, 0.4) is 0 Å². The van der Waals surface area contributed by atoms with E-state index in [-0.39, 0.29) is 6.10 Å². The molecule has 0 aliphatic rings. The van der Waals surface area contributed by atoms with Gasteiger partial charge >= 0.3 is 0 Å². The fraction of sp³-hybridized carbons (Fsp3) is 0.417. The van der Waals surface area contributed by atoms with Crippen LogP contribution in [-0.2, 0) is 11.8 Å². The minimum Gasteiger partial charge on any atom is -0.372 e. The van der Waals surface area contributed by atoms with E-state index < -0.39 is 0 Å². The summed E-state index contributed by atoms with van der Waals surface area (Å²) in [4.78, 5) is 4.57. The maximum atomic E-state index is 5.67. The smallest absolute Gasteiger partial charge is 0.140 e. The molecule has 2 N–H and O–H groups in total. The Morgan fingerprint density at radius 1 is 1.50 bits per heavy atom. The van der Waals surface area contributed by atoms with Crippen LogP contribution < -0.4 is 5.73 Å². The number of aryl methyl sites for hydroxylation is 2. The van der Waals surface area contributed by atoms with Gasteiger partial charge in [-0.2, -0.15) is 0 Å². The number of nitrogens with zero attached hydrogens (tertiary/aromatic N) is 2. The van der Waals surface area contributed by atoms with Crippen molar-refractivity contribution < 1.29 is 4.74 Å². The van der Waals surface area contributed by atoms with Crippen LogP contribution in [0, 0.1) is 6.92 Å². The summed E-state index contributed by atoms with van der Waals surface area (Å²) in [5.41, 5.74) is 9.02. The SMILES string of the molecule is COC(CN)c1nc2cccc(C)c2n1C. The van der Waals surface area contributed by atoms with Crippen LogP contribution in [0.5, 0.6) is 0 Å². The van der Waals surface area contributed by atoms with E-state index in [1.165, 1.54) is 5.56 Å². The van der Waals surface area contributed by atoms with Crippen LogP contribution in [0.1, 0.15) is 17.5 Å². The molecule has 4 heteroatoms. The lowest BCUT2D eigenvalue weighted by Crippen LogP contribution is -2.18. The first-order chi connectivity index (χ1) is 7.69. The fourth-order valence-corrected chi connectivity index (χ4v) is 2.08. The van der Waals surface area contributed by atoms with Gasteiger partial charge in [-0.25, -0.2) is 4.98 Å². The number of fused-ring (bicyclic) bond motifs is 1. The van der Waals surface area contributed by atoms with Crippen molar-refractivity contribution >= 4 is 11.0 Å². The highest BCUT2D eigenvalue weighted by molar-refractivity contribution is 5.79. The molecule has 4 nitrogen and oxygen atoms in total. The Hall–Kier alpha value is -1.39. The van der Waals surface area contributed by atoms with E-state index in [1.54, 1.807) is 7.11 Å². The average molecular weight is 219 g/mol. The van der Waals surface area contributed by atoms with Crippen molar-refractivity contribution in [3.05, 3.63) is 29.6 Å². The zero-order valence-electron chi connectivity index (χ0n) is 9.90. The summed E-state index contributed by atoms with van der Waals surface area (Å²) in [5, 5.41) is 0. The molecule has 0 radical (unpaired) electrons. The van der Waals surface area contributed by atoms with Gasteiger partial charge in [0.2, 0.25) is 0 Å². The second-order valence-electron chi connectivity index (χ2n) is 3.93. The Balaban J connectivity index is 2.64. The summed E-state index contributed by atoms with van der Waals surface area (Å²) in [5.74, 6) is 0.884. The van der Waals surface area contributed by atoms with E-state index in [1.807, 2.05) is 19.2 Å².